The minimum atomic E-state index is -4.69. The molecular weight excluding hydrogens is 373 g/mol. The third-order valence-corrected chi connectivity index (χ3v) is 3.31. The van der Waals surface area contributed by atoms with Crippen LogP contribution in [0.3, 0.4) is 0 Å². The standard InChI is InChI=1S/C14H9F3N6O4/c15-14(16,17)12-19-8(22-23-12)5-1-3-6(4-2-5)18-9(24)7-10(25)20-13(27)21-11(7)26/h1-4H,(H,18,24)(H,19,22,23)(H3,20,21,25,26,27). The first-order valence-corrected chi connectivity index (χ1v) is 7.12. The summed E-state index contributed by atoms with van der Waals surface area (Å²) >= 11 is 0. The van der Waals surface area contributed by atoms with Crippen LogP contribution in [0.15, 0.2) is 33.9 Å². The number of aromatic hydroxyl groups is 1. The Kier molecular flexibility index (Phi) is 4.27. The maximum atomic E-state index is 12.5. The molecular formula is C14H9F3N6O4. The Labute approximate surface area is 146 Å². The number of hydrogen-bond acceptors (Lipinski definition) is 6. The summed E-state index contributed by atoms with van der Waals surface area (Å²) < 4.78 is 37.5. The van der Waals surface area contributed by atoms with Gasteiger partial charge in [0.25, 0.3) is 17.3 Å². The van der Waals surface area contributed by atoms with Gasteiger partial charge in [0.2, 0.25) is 5.88 Å². The number of anilines is 1. The van der Waals surface area contributed by atoms with Gasteiger partial charge >= 0.3 is 11.9 Å². The second-order valence-electron chi connectivity index (χ2n) is 5.17. The predicted octanol–water partition coefficient (Wildman–Crippen LogP) is 0.825. The van der Waals surface area contributed by atoms with Gasteiger partial charge in [0.05, 0.1) is 0 Å². The minimum absolute atomic E-state index is 0.130. The van der Waals surface area contributed by atoms with Gasteiger partial charge in [0.15, 0.2) is 11.4 Å². The summed E-state index contributed by atoms with van der Waals surface area (Å²) in [6.45, 7) is 0. The summed E-state index contributed by atoms with van der Waals surface area (Å²) in [5.41, 5.74) is -2.34. The summed E-state index contributed by atoms with van der Waals surface area (Å²) in [6, 6.07) is 5.38. The van der Waals surface area contributed by atoms with Crippen LogP contribution in [0, 0.1) is 0 Å². The van der Waals surface area contributed by atoms with E-state index in [-0.39, 0.29) is 17.1 Å². The highest BCUT2D eigenvalue weighted by molar-refractivity contribution is 6.05. The van der Waals surface area contributed by atoms with Crippen LogP contribution in [-0.2, 0) is 6.18 Å². The van der Waals surface area contributed by atoms with Crippen molar-refractivity contribution in [2.24, 2.45) is 0 Å². The zero-order valence-corrected chi connectivity index (χ0v) is 13.0. The molecule has 0 fully saturated rings. The Morgan fingerprint density at radius 1 is 1.11 bits per heavy atom. The van der Waals surface area contributed by atoms with Crippen molar-refractivity contribution in [1.29, 1.82) is 0 Å². The third-order valence-electron chi connectivity index (χ3n) is 3.31. The zero-order chi connectivity index (χ0) is 19.8. The normalized spacial score (nSPS) is 11.4. The molecule has 3 aromatic rings. The highest BCUT2D eigenvalue weighted by atomic mass is 19.4. The molecule has 27 heavy (non-hydrogen) atoms. The number of rotatable bonds is 3. The van der Waals surface area contributed by atoms with Gasteiger partial charge in [-0.2, -0.15) is 13.2 Å². The summed E-state index contributed by atoms with van der Waals surface area (Å²) in [5.74, 6) is -3.35. The van der Waals surface area contributed by atoms with Crippen LogP contribution < -0.4 is 16.6 Å². The number of aromatic amines is 3. The van der Waals surface area contributed by atoms with Crippen molar-refractivity contribution in [1.82, 2.24) is 25.1 Å². The largest absolute Gasteiger partial charge is 0.494 e. The Hall–Kier alpha value is -3.90. The Bertz CT molecular complexity index is 1110. The summed E-state index contributed by atoms with van der Waals surface area (Å²) in [6.07, 6.45) is -4.69. The maximum Gasteiger partial charge on any atom is 0.453 e. The molecule has 0 aliphatic carbocycles. The number of nitrogens with zero attached hydrogens (tertiary/aromatic N) is 2. The second kappa shape index (κ2) is 6.44. The number of benzene rings is 1. The molecule has 0 radical (unpaired) electrons. The maximum absolute atomic E-state index is 12.5. The van der Waals surface area contributed by atoms with E-state index in [2.05, 4.69) is 20.5 Å². The molecule has 5 N–H and O–H groups in total. The lowest BCUT2D eigenvalue weighted by Crippen LogP contribution is -2.30. The van der Waals surface area contributed by atoms with Crippen molar-refractivity contribution in [2.75, 3.05) is 5.32 Å². The lowest BCUT2D eigenvalue weighted by molar-refractivity contribution is -0.144. The molecule has 0 atom stereocenters. The number of carbonyl (C=O) groups is 1. The van der Waals surface area contributed by atoms with E-state index in [1.165, 1.54) is 24.3 Å². The molecule has 0 aliphatic rings. The molecule has 1 aromatic carbocycles. The van der Waals surface area contributed by atoms with E-state index < -0.39 is 40.6 Å². The molecule has 0 spiro atoms. The van der Waals surface area contributed by atoms with Gasteiger partial charge in [-0.05, 0) is 24.3 Å². The van der Waals surface area contributed by atoms with Crippen LogP contribution >= 0.6 is 0 Å². The Balaban J connectivity index is 1.80. The van der Waals surface area contributed by atoms with Gasteiger partial charge in [0, 0.05) is 11.3 Å². The number of hydrogen-bond donors (Lipinski definition) is 5. The summed E-state index contributed by atoms with van der Waals surface area (Å²) in [4.78, 5) is 41.7. The van der Waals surface area contributed by atoms with E-state index in [0.29, 0.717) is 0 Å². The van der Waals surface area contributed by atoms with E-state index in [1.807, 2.05) is 4.98 Å². The SMILES string of the molecule is O=C(Nc1ccc(-c2nc(C(F)(F)F)n[nH]2)cc1)c1c(O)[nH]c(=O)[nH]c1=O. The number of H-pyrrole nitrogens is 3. The van der Waals surface area contributed by atoms with Crippen LogP contribution in [0.5, 0.6) is 5.88 Å². The van der Waals surface area contributed by atoms with Gasteiger partial charge in [-0.25, -0.2) is 9.78 Å². The minimum Gasteiger partial charge on any atom is -0.494 e. The molecule has 0 saturated heterocycles. The highest BCUT2D eigenvalue weighted by Gasteiger charge is 2.36. The lowest BCUT2D eigenvalue weighted by atomic mass is 10.2. The average Bonchev–Trinajstić information content (AvgIpc) is 3.04. The van der Waals surface area contributed by atoms with Gasteiger partial charge in [-0.3, -0.25) is 24.7 Å². The van der Waals surface area contributed by atoms with Gasteiger partial charge in [0.1, 0.15) is 0 Å². The van der Waals surface area contributed by atoms with E-state index in [9.17, 15) is 32.7 Å². The van der Waals surface area contributed by atoms with Crippen LogP contribution in [0.1, 0.15) is 16.2 Å². The van der Waals surface area contributed by atoms with Crippen LogP contribution in [0.2, 0.25) is 0 Å². The predicted molar refractivity (Wildman–Crippen MR) is 84.1 cm³/mol. The Morgan fingerprint density at radius 3 is 2.33 bits per heavy atom. The zero-order valence-electron chi connectivity index (χ0n) is 13.0. The average molecular weight is 382 g/mol. The smallest absolute Gasteiger partial charge is 0.453 e. The molecule has 0 saturated carbocycles. The van der Waals surface area contributed by atoms with Crippen molar-refractivity contribution < 1.29 is 23.1 Å². The van der Waals surface area contributed by atoms with Crippen LogP contribution in [-0.4, -0.2) is 36.2 Å². The van der Waals surface area contributed by atoms with Crippen molar-refractivity contribution in [2.45, 2.75) is 6.18 Å². The number of halogens is 3. The molecule has 3 rings (SSSR count). The number of nitrogens with one attached hydrogen (secondary N) is 4. The first-order chi connectivity index (χ1) is 12.6. The number of amides is 1. The Morgan fingerprint density at radius 2 is 1.78 bits per heavy atom. The molecule has 140 valence electrons. The molecule has 1 amide bonds. The van der Waals surface area contributed by atoms with Crippen LogP contribution in [0.25, 0.3) is 11.4 Å². The molecule has 10 nitrogen and oxygen atoms in total. The topological polar surface area (TPSA) is 157 Å². The lowest BCUT2D eigenvalue weighted by Gasteiger charge is -2.06. The quantitative estimate of drug-likeness (QED) is 0.451. The van der Waals surface area contributed by atoms with Crippen molar-refractivity contribution in [3.05, 3.63) is 56.5 Å². The first-order valence-electron chi connectivity index (χ1n) is 7.12. The monoisotopic (exact) mass is 382 g/mol. The fraction of sp³-hybridized carbons (Fsp3) is 0.0714. The van der Waals surface area contributed by atoms with E-state index in [4.69, 9.17) is 0 Å². The van der Waals surface area contributed by atoms with Gasteiger partial charge in [-0.1, -0.05) is 0 Å². The van der Waals surface area contributed by atoms with E-state index >= 15 is 0 Å². The second-order valence-corrected chi connectivity index (χ2v) is 5.17. The molecule has 2 heterocycles. The molecule has 0 unspecified atom stereocenters. The molecule has 0 aliphatic heterocycles. The first kappa shape index (κ1) is 17.9. The van der Waals surface area contributed by atoms with Gasteiger partial charge < -0.3 is 10.4 Å². The van der Waals surface area contributed by atoms with Crippen molar-refractivity contribution in [3.8, 4) is 17.3 Å². The fourth-order valence-corrected chi connectivity index (χ4v) is 2.11. The summed E-state index contributed by atoms with van der Waals surface area (Å²) in [5, 5.41) is 17.1. The van der Waals surface area contributed by atoms with Crippen LogP contribution in [0.4, 0.5) is 18.9 Å². The van der Waals surface area contributed by atoms with Crippen molar-refractivity contribution in [3.63, 3.8) is 0 Å². The summed E-state index contributed by atoms with van der Waals surface area (Å²) in [7, 11) is 0. The third kappa shape index (κ3) is 3.70. The van der Waals surface area contributed by atoms with Crippen molar-refractivity contribution >= 4 is 11.6 Å². The molecule has 13 heteroatoms. The van der Waals surface area contributed by atoms with E-state index in [1.54, 1.807) is 4.98 Å². The highest BCUT2D eigenvalue weighted by Crippen LogP contribution is 2.27. The number of aromatic nitrogens is 5. The van der Waals surface area contributed by atoms with E-state index in [0.717, 1.165) is 0 Å². The van der Waals surface area contributed by atoms with Gasteiger partial charge in [-0.15, -0.1) is 5.10 Å². The number of alkyl halides is 3. The molecule has 0 bridgehead atoms. The molecule has 2 aromatic heterocycles. The number of carbonyl (C=O) groups excluding carboxylic acids is 1. The fourth-order valence-electron chi connectivity index (χ4n) is 2.11.